The van der Waals surface area contributed by atoms with Gasteiger partial charge in [0.2, 0.25) is 11.8 Å². The molecule has 0 unspecified atom stereocenters. The summed E-state index contributed by atoms with van der Waals surface area (Å²) in [4.78, 5) is 40.1. The lowest BCUT2D eigenvalue weighted by atomic mass is 10.1. The highest BCUT2D eigenvalue weighted by Gasteiger charge is 2.28. The average molecular weight is 425 g/mol. The van der Waals surface area contributed by atoms with Gasteiger partial charge in [0.25, 0.3) is 5.91 Å². The number of fused-ring (bicyclic) bond motifs is 1. The molecule has 1 saturated heterocycles. The molecule has 0 spiro atoms. The molecule has 6 heteroatoms. The molecule has 0 atom stereocenters. The van der Waals surface area contributed by atoms with Crippen molar-refractivity contribution in [3.63, 3.8) is 0 Å². The Labute approximate surface area is 186 Å². The zero-order chi connectivity index (χ0) is 22.1. The third kappa shape index (κ3) is 3.75. The van der Waals surface area contributed by atoms with E-state index >= 15 is 0 Å². The van der Waals surface area contributed by atoms with Gasteiger partial charge in [-0.2, -0.15) is 0 Å². The van der Waals surface area contributed by atoms with Crippen LogP contribution in [0.2, 0.25) is 0 Å². The molecule has 3 aromatic rings. The van der Waals surface area contributed by atoms with Gasteiger partial charge < -0.3 is 10.2 Å². The second-order valence-electron chi connectivity index (χ2n) is 8.07. The van der Waals surface area contributed by atoms with Crippen molar-refractivity contribution in [1.82, 2.24) is 4.90 Å². The zero-order valence-electron chi connectivity index (χ0n) is 17.6. The third-order valence-corrected chi connectivity index (χ3v) is 6.04. The Balaban J connectivity index is 1.32. The van der Waals surface area contributed by atoms with E-state index in [4.69, 9.17) is 0 Å². The number of carbonyl (C=O) groups excluding carboxylic acids is 3. The fourth-order valence-electron chi connectivity index (χ4n) is 4.34. The predicted octanol–water partition coefficient (Wildman–Crippen LogP) is 4.28. The van der Waals surface area contributed by atoms with E-state index in [0.29, 0.717) is 5.56 Å². The highest BCUT2D eigenvalue weighted by atomic mass is 16.2. The second-order valence-corrected chi connectivity index (χ2v) is 8.07. The number of nitrogens with zero attached hydrogens (tertiary/aromatic N) is 2. The van der Waals surface area contributed by atoms with Crippen LogP contribution in [-0.2, 0) is 22.6 Å². The van der Waals surface area contributed by atoms with Crippen LogP contribution in [0.15, 0.2) is 72.8 Å². The van der Waals surface area contributed by atoms with Gasteiger partial charge in [0, 0.05) is 30.6 Å². The molecule has 0 radical (unpaired) electrons. The second kappa shape index (κ2) is 8.30. The van der Waals surface area contributed by atoms with E-state index in [0.717, 1.165) is 29.9 Å². The van der Waals surface area contributed by atoms with Crippen LogP contribution in [0.25, 0.3) is 0 Å². The van der Waals surface area contributed by atoms with Crippen molar-refractivity contribution >= 4 is 34.8 Å². The fraction of sp³-hybridized carbons (Fsp3) is 0.192. The van der Waals surface area contributed by atoms with Gasteiger partial charge in [0.15, 0.2) is 0 Å². The van der Waals surface area contributed by atoms with E-state index in [1.807, 2.05) is 30.3 Å². The summed E-state index contributed by atoms with van der Waals surface area (Å²) in [5.41, 5.74) is 5.53. The molecule has 1 fully saturated rings. The van der Waals surface area contributed by atoms with Gasteiger partial charge in [-0.15, -0.1) is 0 Å². The van der Waals surface area contributed by atoms with Gasteiger partial charge in [-0.05, 0) is 47.9 Å². The first kappa shape index (κ1) is 20.0. The van der Waals surface area contributed by atoms with E-state index in [1.54, 1.807) is 24.3 Å². The minimum Gasteiger partial charge on any atom is -0.339 e. The molecule has 0 aliphatic carbocycles. The topological polar surface area (TPSA) is 69.7 Å². The Kier molecular flexibility index (Phi) is 5.19. The monoisotopic (exact) mass is 425 g/mol. The molecular formula is C26H23N3O3. The summed E-state index contributed by atoms with van der Waals surface area (Å²) in [7, 11) is 0. The Morgan fingerprint density at radius 3 is 2.19 bits per heavy atom. The van der Waals surface area contributed by atoms with Crippen molar-refractivity contribution in [2.75, 3.05) is 16.8 Å². The molecule has 32 heavy (non-hydrogen) atoms. The molecule has 3 amide bonds. The number of imide groups is 1. The van der Waals surface area contributed by atoms with E-state index in [-0.39, 0.29) is 37.1 Å². The van der Waals surface area contributed by atoms with Crippen LogP contribution in [0.1, 0.15) is 34.3 Å². The van der Waals surface area contributed by atoms with Gasteiger partial charge in [-0.1, -0.05) is 42.5 Å². The lowest BCUT2D eigenvalue weighted by Gasteiger charge is -2.23. The molecule has 0 aromatic heterocycles. The van der Waals surface area contributed by atoms with E-state index < -0.39 is 0 Å². The van der Waals surface area contributed by atoms with Gasteiger partial charge >= 0.3 is 0 Å². The highest BCUT2D eigenvalue weighted by Crippen LogP contribution is 2.38. The first-order valence-corrected chi connectivity index (χ1v) is 10.8. The lowest BCUT2D eigenvalue weighted by Crippen LogP contribution is -2.28. The van der Waals surface area contributed by atoms with Gasteiger partial charge in [-0.25, -0.2) is 0 Å². The summed E-state index contributed by atoms with van der Waals surface area (Å²) in [5, 5.41) is 3.04. The Bertz CT molecular complexity index is 1190. The molecule has 0 saturated carbocycles. The normalized spacial score (nSPS) is 15.2. The fourth-order valence-corrected chi connectivity index (χ4v) is 4.34. The minimum absolute atomic E-state index is 0.142. The Morgan fingerprint density at radius 1 is 0.781 bits per heavy atom. The Morgan fingerprint density at radius 2 is 1.44 bits per heavy atom. The van der Waals surface area contributed by atoms with Crippen molar-refractivity contribution < 1.29 is 14.4 Å². The number of hydrogen-bond donors (Lipinski definition) is 1. The maximum atomic E-state index is 12.9. The van der Waals surface area contributed by atoms with E-state index in [9.17, 15) is 14.4 Å². The number of rotatable bonds is 5. The number of para-hydroxylation sites is 3. The van der Waals surface area contributed by atoms with Crippen LogP contribution in [0, 0.1) is 0 Å². The predicted molar refractivity (Wildman–Crippen MR) is 123 cm³/mol. The summed E-state index contributed by atoms with van der Waals surface area (Å²) in [6.07, 6.45) is 1.53. The van der Waals surface area contributed by atoms with Crippen molar-refractivity contribution in [3.05, 3.63) is 89.5 Å². The van der Waals surface area contributed by atoms with E-state index in [1.165, 1.54) is 16.2 Å². The largest absolute Gasteiger partial charge is 0.339 e. The van der Waals surface area contributed by atoms with Gasteiger partial charge in [0.05, 0.1) is 17.9 Å². The van der Waals surface area contributed by atoms with Crippen molar-refractivity contribution in [2.24, 2.45) is 0 Å². The van der Waals surface area contributed by atoms with Gasteiger partial charge in [-0.3, -0.25) is 19.3 Å². The van der Waals surface area contributed by atoms with E-state index in [2.05, 4.69) is 28.4 Å². The molecule has 0 bridgehead atoms. The van der Waals surface area contributed by atoms with Crippen LogP contribution in [-0.4, -0.2) is 29.2 Å². The summed E-state index contributed by atoms with van der Waals surface area (Å²) in [6.45, 7) is 1.12. The highest BCUT2D eigenvalue weighted by molar-refractivity contribution is 6.06. The van der Waals surface area contributed by atoms with Crippen LogP contribution >= 0.6 is 0 Å². The zero-order valence-corrected chi connectivity index (χ0v) is 17.6. The number of nitrogens with one attached hydrogen (secondary N) is 1. The summed E-state index contributed by atoms with van der Waals surface area (Å²) in [6, 6.07) is 23.2. The summed E-state index contributed by atoms with van der Waals surface area (Å²) >= 11 is 0. The first-order chi connectivity index (χ1) is 15.6. The number of carbonyl (C=O) groups is 3. The van der Waals surface area contributed by atoms with Crippen LogP contribution in [0.4, 0.5) is 17.1 Å². The summed E-state index contributed by atoms with van der Waals surface area (Å²) in [5.74, 6) is -0.487. The van der Waals surface area contributed by atoms with Crippen LogP contribution in [0.5, 0.6) is 0 Å². The van der Waals surface area contributed by atoms with Crippen LogP contribution < -0.4 is 10.2 Å². The maximum absolute atomic E-state index is 12.9. The molecule has 5 rings (SSSR count). The standard InChI is InChI=1S/C26H23N3O3/c30-24-13-14-25(31)29(24)17-18-9-11-20(12-10-18)26(32)27-21-6-2-4-8-23(21)28-16-15-19-5-1-3-7-22(19)28/h1-12H,13-17H2,(H,27,32). The minimum atomic E-state index is -0.204. The molecule has 2 aliphatic rings. The SMILES string of the molecule is O=C(Nc1ccccc1N1CCc2ccccc21)c1ccc(CN2C(=O)CCC2=O)cc1. The molecule has 6 nitrogen and oxygen atoms in total. The number of anilines is 3. The summed E-state index contributed by atoms with van der Waals surface area (Å²) < 4.78 is 0. The smallest absolute Gasteiger partial charge is 0.255 e. The number of benzene rings is 3. The number of hydrogen-bond acceptors (Lipinski definition) is 4. The third-order valence-electron chi connectivity index (χ3n) is 6.04. The molecule has 160 valence electrons. The van der Waals surface area contributed by atoms with Crippen molar-refractivity contribution in [2.45, 2.75) is 25.8 Å². The molecule has 2 aliphatic heterocycles. The average Bonchev–Trinajstić information content (AvgIpc) is 3.38. The van der Waals surface area contributed by atoms with Crippen molar-refractivity contribution in [3.8, 4) is 0 Å². The molecule has 1 N–H and O–H groups in total. The quantitative estimate of drug-likeness (QED) is 0.620. The number of amides is 3. The maximum Gasteiger partial charge on any atom is 0.255 e. The molecular weight excluding hydrogens is 402 g/mol. The molecule has 3 aromatic carbocycles. The van der Waals surface area contributed by atoms with Crippen molar-refractivity contribution in [1.29, 1.82) is 0 Å². The Hall–Kier alpha value is -3.93. The lowest BCUT2D eigenvalue weighted by molar-refractivity contribution is -0.139. The van der Waals surface area contributed by atoms with Crippen LogP contribution in [0.3, 0.4) is 0 Å². The number of likely N-dealkylation sites (tertiary alicyclic amines) is 1. The molecule has 2 heterocycles. The van der Waals surface area contributed by atoms with Gasteiger partial charge in [0.1, 0.15) is 0 Å². The first-order valence-electron chi connectivity index (χ1n) is 10.8.